The fourth-order valence-electron chi connectivity index (χ4n) is 6.56. The van der Waals surface area contributed by atoms with Crippen molar-refractivity contribution in [2.24, 2.45) is 11.7 Å². The average Bonchev–Trinajstić information content (AvgIpc) is 3.37. The number of piperazine rings is 1. The first-order valence-corrected chi connectivity index (χ1v) is 14.5. The molecule has 2 fully saturated rings. The van der Waals surface area contributed by atoms with Crippen LogP contribution in [0.3, 0.4) is 0 Å². The Morgan fingerprint density at radius 1 is 1.00 bits per heavy atom. The van der Waals surface area contributed by atoms with E-state index in [2.05, 4.69) is 34.1 Å². The van der Waals surface area contributed by atoms with Crippen LogP contribution in [0.15, 0.2) is 42.5 Å². The van der Waals surface area contributed by atoms with Crippen molar-refractivity contribution in [2.45, 2.75) is 57.5 Å². The van der Waals surface area contributed by atoms with Crippen LogP contribution < -0.4 is 10.5 Å². The van der Waals surface area contributed by atoms with Gasteiger partial charge in [0, 0.05) is 38.3 Å². The van der Waals surface area contributed by atoms with Gasteiger partial charge in [-0.25, -0.2) is 4.39 Å². The molecular formula is C31H43FN4O2. The Morgan fingerprint density at radius 3 is 2.53 bits per heavy atom. The zero-order valence-electron chi connectivity index (χ0n) is 22.8. The van der Waals surface area contributed by atoms with Crippen molar-refractivity contribution >= 4 is 5.91 Å². The Labute approximate surface area is 226 Å². The van der Waals surface area contributed by atoms with Crippen LogP contribution in [0.25, 0.3) is 0 Å². The fourth-order valence-corrected chi connectivity index (χ4v) is 6.56. The quantitative estimate of drug-likeness (QED) is 0.539. The largest absolute Gasteiger partial charge is 0.493 e. The van der Waals surface area contributed by atoms with Crippen molar-refractivity contribution in [3.8, 4) is 5.75 Å². The first-order valence-electron chi connectivity index (χ1n) is 14.5. The number of nitrogens with zero attached hydrogens (tertiary/aromatic N) is 3. The monoisotopic (exact) mass is 522 g/mol. The van der Waals surface area contributed by atoms with E-state index in [4.69, 9.17) is 10.5 Å². The molecule has 2 N–H and O–H groups in total. The Bertz CT molecular complexity index is 1080. The van der Waals surface area contributed by atoms with E-state index in [0.717, 1.165) is 32.5 Å². The predicted molar refractivity (Wildman–Crippen MR) is 149 cm³/mol. The maximum absolute atomic E-state index is 14.5. The van der Waals surface area contributed by atoms with Crippen LogP contribution in [0.4, 0.5) is 4.39 Å². The summed E-state index contributed by atoms with van der Waals surface area (Å²) in [6.45, 7) is 8.76. The highest BCUT2D eigenvalue weighted by atomic mass is 19.1. The number of halogens is 1. The molecule has 38 heavy (non-hydrogen) atoms. The lowest BCUT2D eigenvalue weighted by Gasteiger charge is -2.39. The van der Waals surface area contributed by atoms with E-state index in [0.29, 0.717) is 56.6 Å². The van der Waals surface area contributed by atoms with Gasteiger partial charge in [-0.15, -0.1) is 0 Å². The summed E-state index contributed by atoms with van der Waals surface area (Å²) in [4.78, 5) is 19.9. The number of piperidine rings is 1. The molecule has 206 valence electrons. The molecule has 0 radical (unpaired) electrons. The lowest BCUT2D eigenvalue weighted by atomic mass is 9.88. The third kappa shape index (κ3) is 6.22. The second kappa shape index (κ2) is 12.6. The van der Waals surface area contributed by atoms with Crippen LogP contribution in [0.2, 0.25) is 0 Å². The Hall–Kier alpha value is -2.48. The molecule has 2 aromatic rings. The number of carbonyl (C=O) groups is 1. The van der Waals surface area contributed by atoms with Crippen LogP contribution in [-0.2, 0) is 17.8 Å². The third-order valence-electron chi connectivity index (χ3n) is 8.92. The molecule has 1 aliphatic carbocycles. The summed E-state index contributed by atoms with van der Waals surface area (Å²) in [6, 6.07) is 13.5. The van der Waals surface area contributed by atoms with Crippen molar-refractivity contribution in [1.29, 1.82) is 0 Å². The third-order valence-corrected chi connectivity index (χ3v) is 8.92. The molecule has 1 amide bonds. The minimum atomic E-state index is -0.429. The van der Waals surface area contributed by atoms with Crippen LogP contribution in [0, 0.1) is 11.7 Å². The number of carbonyl (C=O) groups excluding carboxylic acids is 1. The topological polar surface area (TPSA) is 62.0 Å². The lowest BCUT2D eigenvalue weighted by Crippen LogP contribution is -2.55. The van der Waals surface area contributed by atoms with Crippen LogP contribution in [-0.4, -0.2) is 79.1 Å². The molecule has 2 heterocycles. The minimum absolute atomic E-state index is 0.0755. The molecule has 2 aliphatic heterocycles. The van der Waals surface area contributed by atoms with Gasteiger partial charge in [-0.2, -0.15) is 0 Å². The molecule has 0 aromatic heterocycles. The van der Waals surface area contributed by atoms with E-state index in [1.807, 2.05) is 17.9 Å². The molecule has 2 atom stereocenters. The van der Waals surface area contributed by atoms with Gasteiger partial charge in [0.1, 0.15) is 11.6 Å². The number of hydrogen-bond acceptors (Lipinski definition) is 5. The highest BCUT2D eigenvalue weighted by Crippen LogP contribution is 2.35. The maximum Gasteiger partial charge on any atom is 0.239 e. The second-order valence-electron chi connectivity index (χ2n) is 11.2. The SMILES string of the molecule is CCOc1cccc(F)c1CN1CCN(C(=O)[C@H](N)C2CCN(CCC3CCc4ccccc43)CC2)CC1. The maximum atomic E-state index is 14.5. The van der Waals surface area contributed by atoms with Gasteiger partial charge in [0.2, 0.25) is 5.91 Å². The summed E-state index contributed by atoms with van der Waals surface area (Å²) in [6.07, 6.45) is 5.68. The number of rotatable bonds is 9. The Kier molecular flexibility index (Phi) is 8.97. The van der Waals surface area contributed by atoms with E-state index in [9.17, 15) is 9.18 Å². The second-order valence-corrected chi connectivity index (χ2v) is 11.2. The summed E-state index contributed by atoms with van der Waals surface area (Å²) in [7, 11) is 0. The number of ether oxygens (including phenoxy) is 1. The molecule has 0 spiro atoms. The molecule has 7 heteroatoms. The van der Waals surface area contributed by atoms with Gasteiger partial charge in [-0.05, 0) is 93.8 Å². The standard InChI is InChI=1S/C31H43FN4O2/c1-2-38-29-9-5-8-28(32)27(29)22-35-18-20-36(21-19-35)31(37)30(33)25-13-16-34(17-14-25)15-12-24-11-10-23-6-3-4-7-26(23)24/h3-9,24-25,30H,2,10-22,33H2,1H3/t24?,30-/m1/s1. The highest BCUT2D eigenvalue weighted by molar-refractivity contribution is 5.82. The smallest absolute Gasteiger partial charge is 0.239 e. The van der Waals surface area contributed by atoms with Gasteiger partial charge in [0.05, 0.1) is 12.6 Å². The number of likely N-dealkylation sites (tertiary alicyclic amines) is 1. The van der Waals surface area contributed by atoms with Crippen molar-refractivity contribution < 1.29 is 13.9 Å². The summed E-state index contributed by atoms with van der Waals surface area (Å²) < 4.78 is 20.1. The molecule has 2 saturated heterocycles. The number of nitrogens with two attached hydrogens (primary N) is 1. The molecule has 1 unspecified atom stereocenters. The van der Waals surface area contributed by atoms with Gasteiger partial charge < -0.3 is 20.3 Å². The van der Waals surface area contributed by atoms with E-state index >= 15 is 0 Å². The van der Waals surface area contributed by atoms with E-state index in [-0.39, 0.29) is 17.6 Å². The molecule has 3 aliphatic rings. The molecule has 0 saturated carbocycles. The van der Waals surface area contributed by atoms with E-state index in [1.165, 1.54) is 30.9 Å². The minimum Gasteiger partial charge on any atom is -0.493 e. The number of benzene rings is 2. The molecule has 2 aromatic carbocycles. The van der Waals surface area contributed by atoms with E-state index in [1.54, 1.807) is 11.6 Å². The zero-order chi connectivity index (χ0) is 26.5. The van der Waals surface area contributed by atoms with Crippen LogP contribution >= 0.6 is 0 Å². The first kappa shape index (κ1) is 27.1. The van der Waals surface area contributed by atoms with Gasteiger partial charge in [-0.1, -0.05) is 30.3 Å². The summed E-state index contributed by atoms with van der Waals surface area (Å²) in [5.41, 5.74) is 10.2. The summed E-state index contributed by atoms with van der Waals surface area (Å²) >= 11 is 0. The first-order chi connectivity index (χ1) is 18.5. The van der Waals surface area contributed by atoms with Gasteiger partial charge >= 0.3 is 0 Å². The fraction of sp³-hybridized carbons (Fsp3) is 0.581. The normalized spacial score (nSPS) is 21.9. The van der Waals surface area contributed by atoms with Crippen molar-refractivity contribution in [3.05, 3.63) is 65.0 Å². The summed E-state index contributed by atoms with van der Waals surface area (Å²) in [5.74, 6) is 1.38. The van der Waals surface area contributed by atoms with Gasteiger partial charge in [0.15, 0.2) is 0 Å². The Morgan fingerprint density at radius 2 is 1.76 bits per heavy atom. The van der Waals surface area contributed by atoms with Crippen molar-refractivity contribution in [2.75, 3.05) is 52.4 Å². The average molecular weight is 523 g/mol. The van der Waals surface area contributed by atoms with Gasteiger partial charge in [0.25, 0.3) is 0 Å². The highest BCUT2D eigenvalue weighted by Gasteiger charge is 2.33. The molecule has 6 nitrogen and oxygen atoms in total. The molecule has 5 rings (SSSR count). The van der Waals surface area contributed by atoms with Gasteiger partial charge in [-0.3, -0.25) is 9.69 Å². The molecular weight excluding hydrogens is 479 g/mol. The van der Waals surface area contributed by atoms with Crippen molar-refractivity contribution in [3.63, 3.8) is 0 Å². The predicted octanol–water partition coefficient (Wildman–Crippen LogP) is 4.03. The number of hydrogen-bond donors (Lipinski definition) is 1. The number of amides is 1. The van der Waals surface area contributed by atoms with E-state index < -0.39 is 6.04 Å². The zero-order valence-corrected chi connectivity index (χ0v) is 22.8. The number of fused-ring (bicyclic) bond motifs is 1. The Balaban J connectivity index is 1.05. The van der Waals surface area contributed by atoms with Crippen LogP contribution in [0.1, 0.15) is 55.2 Å². The number of aryl methyl sites for hydroxylation is 1. The lowest BCUT2D eigenvalue weighted by molar-refractivity contribution is -0.136. The van der Waals surface area contributed by atoms with Crippen LogP contribution in [0.5, 0.6) is 5.75 Å². The molecule has 0 bridgehead atoms. The summed E-state index contributed by atoms with van der Waals surface area (Å²) in [5, 5.41) is 0. The van der Waals surface area contributed by atoms with Crippen molar-refractivity contribution in [1.82, 2.24) is 14.7 Å².